The van der Waals surface area contributed by atoms with E-state index in [-0.39, 0.29) is 38.6 Å². The fraction of sp³-hybridized carbons (Fsp3) is 0.821. The molecule has 0 bridgehead atoms. The third kappa shape index (κ3) is 62.8. The Bertz CT molecular complexity index is 1440. The van der Waals surface area contributed by atoms with Crippen LogP contribution in [-0.4, -0.2) is 49.3 Å². The molecule has 0 aromatic rings. The summed E-state index contributed by atoms with van der Waals surface area (Å²) >= 11 is 0. The summed E-state index contributed by atoms with van der Waals surface area (Å²) in [5, 5.41) is 0. The Kier molecular flexibility index (Phi) is 61.0. The van der Waals surface area contributed by atoms with Crippen molar-refractivity contribution in [2.24, 2.45) is 5.73 Å². The lowest BCUT2D eigenvalue weighted by Crippen LogP contribution is -2.29. The van der Waals surface area contributed by atoms with Gasteiger partial charge in [0.25, 0.3) is 0 Å². The standard InChI is InChI=1S/C67H124NO8P/c1-3-5-7-9-11-13-15-17-19-21-23-25-26-27-28-29-30-31-32-33-34-35-36-37-38-40-41-43-45-47-49-51-53-55-57-59-66(69)73-63-65(64-75-77(71,72)74-62-61-68)76-67(70)60-58-56-54-52-50-48-46-44-42-39-24-22-20-18-16-14-12-10-8-6-4-2/h6,8,12,14,18,20,24,39,44,46,65H,3-5,7,9-11,13,15-17,19,21-23,25-38,40-43,45,47-64,68H2,1-2H3,(H,71,72)/b8-6-,14-12-,20-18-,39-24-,46-44-. The molecule has 0 aliphatic rings. The highest BCUT2D eigenvalue weighted by molar-refractivity contribution is 7.47. The second kappa shape index (κ2) is 62.9. The van der Waals surface area contributed by atoms with Gasteiger partial charge in [0.05, 0.1) is 13.2 Å². The van der Waals surface area contributed by atoms with E-state index >= 15 is 0 Å². The van der Waals surface area contributed by atoms with Crippen LogP contribution in [0.2, 0.25) is 0 Å². The van der Waals surface area contributed by atoms with Crippen molar-refractivity contribution in [3.8, 4) is 0 Å². The van der Waals surface area contributed by atoms with Gasteiger partial charge in [0, 0.05) is 19.4 Å². The van der Waals surface area contributed by atoms with E-state index in [1.165, 1.54) is 205 Å². The van der Waals surface area contributed by atoms with Gasteiger partial charge in [-0.2, -0.15) is 0 Å². The third-order valence-corrected chi connectivity index (χ3v) is 15.4. The maximum Gasteiger partial charge on any atom is 0.472 e. The number of carbonyl (C=O) groups excluding carboxylic acids is 2. The van der Waals surface area contributed by atoms with E-state index in [9.17, 15) is 19.0 Å². The Morgan fingerprint density at radius 3 is 1.06 bits per heavy atom. The van der Waals surface area contributed by atoms with Crippen LogP contribution in [0.5, 0.6) is 0 Å². The zero-order chi connectivity index (χ0) is 55.9. The van der Waals surface area contributed by atoms with Gasteiger partial charge in [-0.1, -0.05) is 312 Å². The number of nitrogens with two attached hydrogens (primary N) is 1. The van der Waals surface area contributed by atoms with Crippen molar-refractivity contribution in [1.82, 2.24) is 0 Å². The van der Waals surface area contributed by atoms with E-state index in [0.29, 0.717) is 6.42 Å². The second-order valence-corrected chi connectivity index (χ2v) is 23.4. The molecule has 2 atom stereocenters. The smallest absolute Gasteiger partial charge is 0.462 e. The highest BCUT2D eigenvalue weighted by atomic mass is 31.2. The number of esters is 2. The zero-order valence-electron chi connectivity index (χ0n) is 50.4. The maximum atomic E-state index is 12.7. The van der Waals surface area contributed by atoms with E-state index in [2.05, 4.69) is 74.6 Å². The van der Waals surface area contributed by atoms with Crippen molar-refractivity contribution < 1.29 is 37.6 Å². The van der Waals surface area contributed by atoms with Crippen LogP contribution in [0, 0.1) is 0 Å². The summed E-state index contributed by atoms with van der Waals surface area (Å²) in [6.45, 7) is 3.65. The van der Waals surface area contributed by atoms with Crippen LogP contribution in [-0.2, 0) is 32.7 Å². The van der Waals surface area contributed by atoms with Crippen LogP contribution in [0.15, 0.2) is 60.8 Å². The van der Waals surface area contributed by atoms with Crippen LogP contribution >= 0.6 is 7.82 Å². The third-order valence-electron chi connectivity index (χ3n) is 14.4. The average Bonchev–Trinajstić information content (AvgIpc) is 3.42. The first-order chi connectivity index (χ1) is 37.8. The van der Waals surface area contributed by atoms with E-state index in [0.717, 1.165) is 83.5 Å². The Labute approximate surface area is 476 Å². The molecule has 0 rings (SSSR count). The normalized spacial score (nSPS) is 13.4. The first-order valence-electron chi connectivity index (χ1n) is 32.8. The largest absolute Gasteiger partial charge is 0.472 e. The molecule has 3 N–H and O–H groups in total. The lowest BCUT2D eigenvalue weighted by atomic mass is 10.0. The van der Waals surface area contributed by atoms with Crippen LogP contribution in [0.1, 0.15) is 322 Å². The molecule has 0 radical (unpaired) electrons. The van der Waals surface area contributed by atoms with Crippen molar-refractivity contribution >= 4 is 19.8 Å². The van der Waals surface area contributed by atoms with Crippen molar-refractivity contribution in [2.75, 3.05) is 26.4 Å². The number of phosphoric acid groups is 1. The highest BCUT2D eigenvalue weighted by Gasteiger charge is 2.26. The van der Waals surface area contributed by atoms with Gasteiger partial charge in [0.15, 0.2) is 6.10 Å². The molecular formula is C67H124NO8P. The van der Waals surface area contributed by atoms with E-state index in [4.69, 9.17) is 24.3 Å². The van der Waals surface area contributed by atoms with E-state index in [1.54, 1.807) is 0 Å². The minimum atomic E-state index is -4.40. The Morgan fingerprint density at radius 2 is 0.714 bits per heavy atom. The molecule has 2 unspecified atom stereocenters. The number of rotatable bonds is 62. The molecule has 0 aromatic carbocycles. The molecular weight excluding hydrogens is 978 g/mol. The lowest BCUT2D eigenvalue weighted by Gasteiger charge is -2.19. The van der Waals surface area contributed by atoms with Gasteiger partial charge in [-0.05, 0) is 57.8 Å². The predicted molar refractivity (Wildman–Crippen MR) is 330 cm³/mol. The summed E-state index contributed by atoms with van der Waals surface area (Å²) in [7, 11) is -4.40. The van der Waals surface area contributed by atoms with E-state index < -0.39 is 26.5 Å². The van der Waals surface area contributed by atoms with Crippen LogP contribution in [0.3, 0.4) is 0 Å². The fourth-order valence-electron chi connectivity index (χ4n) is 9.61. The monoisotopic (exact) mass is 1100 g/mol. The van der Waals surface area contributed by atoms with Gasteiger partial charge in [-0.15, -0.1) is 0 Å². The molecule has 0 aliphatic heterocycles. The summed E-state index contributed by atoms with van der Waals surface area (Å²) in [5.74, 6) is -0.839. The first-order valence-corrected chi connectivity index (χ1v) is 34.3. The van der Waals surface area contributed by atoms with Gasteiger partial charge in [0.1, 0.15) is 6.61 Å². The highest BCUT2D eigenvalue weighted by Crippen LogP contribution is 2.43. The number of hydrogen-bond donors (Lipinski definition) is 2. The summed E-state index contributed by atoms with van der Waals surface area (Å²) < 4.78 is 33.1. The summed E-state index contributed by atoms with van der Waals surface area (Å²) in [4.78, 5) is 35.2. The van der Waals surface area contributed by atoms with Gasteiger partial charge < -0.3 is 20.1 Å². The summed E-state index contributed by atoms with van der Waals surface area (Å²) in [6.07, 6.45) is 80.4. The quantitative estimate of drug-likeness (QED) is 0.0264. The fourth-order valence-corrected chi connectivity index (χ4v) is 10.4. The van der Waals surface area contributed by atoms with Crippen molar-refractivity contribution in [3.05, 3.63) is 60.8 Å². The number of ether oxygens (including phenoxy) is 2. The predicted octanol–water partition coefficient (Wildman–Crippen LogP) is 21.1. The number of phosphoric ester groups is 1. The molecule has 0 heterocycles. The molecule has 0 spiro atoms. The maximum absolute atomic E-state index is 12.7. The number of unbranched alkanes of at least 4 members (excludes halogenated alkanes) is 39. The first kappa shape index (κ1) is 74.7. The summed E-state index contributed by atoms with van der Waals surface area (Å²) in [5.41, 5.74) is 5.39. The van der Waals surface area contributed by atoms with Crippen LogP contribution in [0.4, 0.5) is 0 Å². The molecule has 10 heteroatoms. The molecule has 0 saturated heterocycles. The molecule has 0 amide bonds. The molecule has 0 aliphatic carbocycles. The minimum absolute atomic E-state index is 0.0487. The SMILES string of the molecule is CC/C=C\C/C=C\C/C=C\C/C=C\C/C=C\CCCCCCCC(=O)OC(COC(=O)CCCCCCCCCCCCCCCCCCCCCCCCCCCCCCCCCCCCC)COP(=O)(O)OCCN. The zero-order valence-corrected chi connectivity index (χ0v) is 51.3. The Balaban J connectivity index is 3.84. The van der Waals surface area contributed by atoms with Crippen molar-refractivity contribution in [3.63, 3.8) is 0 Å². The Morgan fingerprint density at radius 1 is 0.403 bits per heavy atom. The van der Waals surface area contributed by atoms with Gasteiger partial charge in [0.2, 0.25) is 0 Å². The van der Waals surface area contributed by atoms with Crippen LogP contribution < -0.4 is 5.73 Å². The molecule has 9 nitrogen and oxygen atoms in total. The molecule has 0 aromatic heterocycles. The lowest BCUT2D eigenvalue weighted by molar-refractivity contribution is -0.161. The van der Waals surface area contributed by atoms with Crippen LogP contribution in [0.25, 0.3) is 0 Å². The molecule has 77 heavy (non-hydrogen) atoms. The number of allylic oxidation sites excluding steroid dienone is 10. The minimum Gasteiger partial charge on any atom is -0.462 e. The van der Waals surface area contributed by atoms with Crippen molar-refractivity contribution in [1.29, 1.82) is 0 Å². The van der Waals surface area contributed by atoms with Gasteiger partial charge >= 0.3 is 19.8 Å². The molecule has 450 valence electrons. The Hall–Kier alpha value is -2.29. The molecule has 0 fully saturated rings. The van der Waals surface area contributed by atoms with E-state index in [1.807, 2.05) is 0 Å². The second-order valence-electron chi connectivity index (χ2n) is 22.0. The summed E-state index contributed by atoms with van der Waals surface area (Å²) in [6, 6.07) is 0. The van der Waals surface area contributed by atoms with Crippen molar-refractivity contribution in [2.45, 2.75) is 328 Å². The van der Waals surface area contributed by atoms with Gasteiger partial charge in [-0.3, -0.25) is 18.6 Å². The topological polar surface area (TPSA) is 134 Å². The number of carbonyl (C=O) groups is 2. The van der Waals surface area contributed by atoms with Gasteiger partial charge in [-0.25, -0.2) is 4.57 Å². The number of hydrogen-bond acceptors (Lipinski definition) is 8. The molecule has 0 saturated carbocycles. The average molecular weight is 1100 g/mol.